The van der Waals surface area contributed by atoms with Gasteiger partial charge in [0.15, 0.2) is 5.60 Å². The Morgan fingerprint density at radius 2 is 2.04 bits per heavy atom. The van der Waals surface area contributed by atoms with Gasteiger partial charge in [-0.15, -0.1) is 0 Å². The van der Waals surface area contributed by atoms with Gasteiger partial charge in [0.1, 0.15) is 6.10 Å². The second-order valence-corrected chi connectivity index (χ2v) is 9.06. The molecule has 4 atom stereocenters. The van der Waals surface area contributed by atoms with Crippen LogP contribution >= 0.6 is 0 Å². The van der Waals surface area contributed by atoms with Crippen molar-refractivity contribution in [3.63, 3.8) is 0 Å². The smallest absolute Gasteiger partial charge is 0.340 e. The highest BCUT2D eigenvalue weighted by molar-refractivity contribution is 5.86. The van der Waals surface area contributed by atoms with Gasteiger partial charge < -0.3 is 9.84 Å². The van der Waals surface area contributed by atoms with E-state index in [1.54, 1.807) is 0 Å². The summed E-state index contributed by atoms with van der Waals surface area (Å²) in [5.74, 6) is 0.430. The van der Waals surface area contributed by atoms with Crippen LogP contribution in [-0.4, -0.2) is 22.8 Å². The van der Waals surface area contributed by atoms with Crippen LogP contribution in [0.15, 0.2) is 23.3 Å². The van der Waals surface area contributed by atoms with Crippen LogP contribution in [0.3, 0.4) is 0 Å². The summed E-state index contributed by atoms with van der Waals surface area (Å²) < 4.78 is 5.82. The summed E-state index contributed by atoms with van der Waals surface area (Å²) in [5, 5.41) is 11.3. The van der Waals surface area contributed by atoms with E-state index in [0.717, 1.165) is 19.3 Å². The quantitative estimate of drug-likeness (QED) is 0.591. The molecule has 0 aromatic rings. The molecule has 1 N–H and O–H groups in total. The van der Waals surface area contributed by atoms with Crippen molar-refractivity contribution >= 4 is 5.97 Å². The third-order valence-corrected chi connectivity index (χ3v) is 7.11. The largest absolute Gasteiger partial charge is 0.455 e. The second kappa shape index (κ2) is 4.50. The molecular weight excluding hydrogens is 288 g/mol. The standard InChI is InChI=1S/C20H28O3/c1-12(2)13-10-19-9-7-15-14(6-5-8-18(15,3)4)16(19)23-17(21)20(19,22)11-13/h6,10,12,15-16,22H,5,7-9,11H2,1-4H3/t15-,16-,19-,20-/m1/s1. The van der Waals surface area contributed by atoms with E-state index in [2.05, 4.69) is 39.8 Å². The molecule has 3 aliphatic carbocycles. The third-order valence-electron chi connectivity index (χ3n) is 7.11. The van der Waals surface area contributed by atoms with E-state index in [0.29, 0.717) is 18.3 Å². The lowest BCUT2D eigenvalue weighted by Crippen LogP contribution is -2.53. The van der Waals surface area contributed by atoms with E-state index in [1.165, 1.54) is 17.6 Å². The van der Waals surface area contributed by atoms with Crippen LogP contribution in [0, 0.1) is 22.7 Å². The molecule has 0 radical (unpaired) electrons. The second-order valence-electron chi connectivity index (χ2n) is 9.06. The maximum Gasteiger partial charge on any atom is 0.340 e. The number of esters is 1. The molecule has 1 heterocycles. The van der Waals surface area contributed by atoms with E-state index < -0.39 is 17.0 Å². The first-order valence-corrected chi connectivity index (χ1v) is 9.06. The van der Waals surface area contributed by atoms with Crippen molar-refractivity contribution in [2.45, 2.75) is 71.5 Å². The number of fused-ring (bicyclic) bond motifs is 2. The Balaban J connectivity index is 1.82. The number of rotatable bonds is 1. The minimum absolute atomic E-state index is 0.252. The molecule has 4 rings (SSSR count). The minimum atomic E-state index is -1.34. The predicted octanol–water partition coefficient (Wildman–Crippen LogP) is 3.77. The lowest BCUT2D eigenvalue weighted by atomic mass is 9.54. The van der Waals surface area contributed by atoms with Crippen LogP contribution < -0.4 is 0 Å². The molecule has 0 amide bonds. The van der Waals surface area contributed by atoms with Crippen LogP contribution in [0.25, 0.3) is 0 Å². The molecule has 2 fully saturated rings. The van der Waals surface area contributed by atoms with Crippen LogP contribution in [0.4, 0.5) is 0 Å². The van der Waals surface area contributed by atoms with Gasteiger partial charge in [-0.05, 0) is 48.5 Å². The summed E-state index contributed by atoms with van der Waals surface area (Å²) in [4.78, 5) is 12.6. The fourth-order valence-corrected chi connectivity index (χ4v) is 5.58. The predicted molar refractivity (Wildman–Crippen MR) is 88.6 cm³/mol. The Morgan fingerprint density at radius 1 is 1.30 bits per heavy atom. The molecule has 1 aliphatic heterocycles. The Bertz CT molecular complexity index is 627. The summed E-state index contributed by atoms with van der Waals surface area (Å²) >= 11 is 0. The average molecular weight is 316 g/mol. The van der Waals surface area contributed by atoms with E-state index in [1.807, 2.05) is 0 Å². The van der Waals surface area contributed by atoms with Crippen molar-refractivity contribution < 1.29 is 14.6 Å². The number of carbonyl (C=O) groups is 1. The highest BCUT2D eigenvalue weighted by Crippen LogP contribution is 2.64. The van der Waals surface area contributed by atoms with Crippen molar-refractivity contribution in [1.29, 1.82) is 0 Å². The highest BCUT2D eigenvalue weighted by atomic mass is 16.6. The first kappa shape index (κ1) is 15.4. The number of hydrogen-bond acceptors (Lipinski definition) is 3. The molecular formula is C20H28O3. The first-order valence-electron chi connectivity index (χ1n) is 9.06. The van der Waals surface area contributed by atoms with Crippen molar-refractivity contribution in [2.75, 3.05) is 0 Å². The minimum Gasteiger partial charge on any atom is -0.455 e. The van der Waals surface area contributed by atoms with Gasteiger partial charge in [0.2, 0.25) is 0 Å². The molecule has 0 bridgehead atoms. The Morgan fingerprint density at radius 3 is 2.74 bits per heavy atom. The van der Waals surface area contributed by atoms with Crippen molar-refractivity contribution in [2.24, 2.45) is 22.7 Å². The Kier molecular flexibility index (Phi) is 3.02. The fourth-order valence-electron chi connectivity index (χ4n) is 5.58. The lowest BCUT2D eigenvalue weighted by Gasteiger charge is -2.49. The summed E-state index contributed by atoms with van der Waals surface area (Å²) in [6.07, 6.45) is 8.82. The van der Waals surface area contributed by atoms with Gasteiger partial charge in [-0.25, -0.2) is 4.79 Å². The van der Waals surface area contributed by atoms with Gasteiger partial charge in [0.25, 0.3) is 0 Å². The van der Waals surface area contributed by atoms with E-state index in [-0.39, 0.29) is 11.5 Å². The molecule has 1 saturated heterocycles. The average Bonchev–Trinajstić information content (AvgIpc) is 2.87. The molecule has 4 aliphatic rings. The van der Waals surface area contributed by atoms with Crippen LogP contribution in [0.1, 0.15) is 59.8 Å². The third kappa shape index (κ3) is 1.77. The lowest BCUT2D eigenvalue weighted by molar-refractivity contribution is -0.155. The normalized spacial score (nSPS) is 44.2. The molecule has 0 unspecified atom stereocenters. The number of carbonyl (C=O) groups excluding carboxylic acids is 1. The van der Waals surface area contributed by atoms with Crippen LogP contribution in [0.2, 0.25) is 0 Å². The highest BCUT2D eigenvalue weighted by Gasteiger charge is 2.71. The maximum atomic E-state index is 12.6. The van der Waals surface area contributed by atoms with Gasteiger partial charge in [-0.2, -0.15) is 0 Å². The van der Waals surface area contributed by atoms with Crippen molar-refractivity contribution in [1.82, 2.24) is 0 Å². The van der Waals surface area contributed by atoms with Crippen LogP contribution in [0.5, 0.6) is 0 Å². The van der Waals surface area contributed by atoms with Crippen LogP contribution in [-0.2, 0) is 9.53 Å². The molecule has 3 nitrogen and oxygen atoms in total. The monoisotopic (exact) mass is 316 g/mol. The molecule has 0 aromatic heterocycles. The SMILES string of the molecule is CC(C)C1=C[C@]23CC[C@@H]4C(=CCCC4(C)C)[C@H]2OC(=O)[C@]3(O)C1. The number of hydrogen-bond donors (Lipinski definition) is 1. The zero-order valence-electron chi connectivity index (χ0n) is 14.7. The maximum absolute atomic E-state index is 12.6. The number of ether oxygens (including phenoxy) is 1. The molecule has 0 aromatic carbocycles. The summed E-state index contributed by atoms with van der Waals surface area (Å²) in [6, 6.07) is 0. The zero-order chi connectivity index (χ0) is 16.6. The van der Waals surface area contributed by atoms with Gasteiger partial charge in [0, 0.05) is 6.42 Å². The van der Waals surface area contributed by atoms with Crippen molar-refractivity contribution in [3.05, 3.63) is 23.3 Å². The Hall–Kier alpha value is -1.09. The summed E-state index contributed by atoms with van der Waals surface area (Å²) in [5.41, 5.74) is 0.868. The van der Waals surface area contributed by atoms with Gasteiger partial charge in [-0.1, -0.05) is 45.4 Å². The topological polar surface area (TPSA) is 46.5 Å². The van der Waals surface area contributed by atoms with Gasteiger partial charge in [-0.3, -0.25) is 0 Å². The van der Waals surface area contributed by atoms with E-state index in [4.69, 9.17) is 4.74 Å². The Labute approximate surface area is 138 Å². The number of allylic oxidation sites excluding steroid dienone is 1. The number of aliphatic hydroxyl groups is 1. The van der Waals surface area contributed by atoms with E-state index in [9.17, 15) is 9.90 Å². The fraction of sp³-hybridized carbons (Fsp3) is 0.750. The molecule has 3 heteroatoms. The summed E-state index contributed by atoms with van der Waals surface area (Å²) in [7, 11) is 0. The van der Waals surface area contributed by atoms with Gasteiger partial charge in [0.05, 0.1) is 5.41 Å². The summed E-state index contributed by atoms with van der Waals surface area (Å²) in [6.45, 7) is 8.94. The zero-order valence-corrected chi connectivity index (χ0v) is 14.7. The molecule has 1 spiro atoms. The molecule has 126 valence electrons. The van der Waals surface area contributed by atoms with Crippen molar-refractivity contribution in [3.8, 4) is 0 Å². The van der Waals surface area contributed by atoms with Gasteiger partial charge >= 0.3 is 5.97 Å². The van der Waals surface area contributed by atoms with E-state index >= 15 is 0 Å². The molecule has 23 heavy (non-hydrogen) atoms. The first-order chi connectivity index (χ1) is 10.7. The molecule has 1 saturated carbocycles.